The maximum atomic E-state index is 13.5. The lowest BCUT2D eigenvalue weighted by Crippen LogP contribution is -2.54. The summed E-state index contributed by atoms with van der Waals surface area (Å²) >= 11 is 0. The molecule has 10 nitrogen and oxygen atoms in total. The fourth-order valence-electron chi connectivity index (χ4n) is 8.85. The van der Waals surface area contributed by atoms with Gasteiger partial charge in [-0.1, -0.05) is 76.2 Å². The second-order valence-corrected chi connectivity index (χ2v) is 19.7. The lowest BCUT2D eigenvalue weighted by atomic mass is 9.78. The third kappa shape index (κ3) is 13.2. The zero-order valence-electron chi connectivity index (χ0n) is 38.2. The summed E-state index contributed by atoms with van der Waals surface area (Å²) in [5, 5.41) is 24.4. The van der Waals surface area contributed by atoms with Gasteiger partial charge in [0, 0.05) is 13.1 Å². The average Bonchev–Trinajstić information content (AvgIpc) is 4.05. The lowest BCUT2D eigenvalue weighted by Gasteiger charge is -2.43. The number of piperidine rings is 2. The number of carboxylic acid groups (broad SMARTS) is 2. The molecule has 0 aromatic heterocycles. The monoisotopic (exact) mass is 936 g/mol. The third-order valence-corrected chi connectivity index (χ3v) is 13.3. The molecular weight excluding hydrogens is 879 g/mol. The number of nitrogens with one attached hydrogen (secondary N) is 2. The molecule has 4 N–H and O–H groups in total. The molecule has 2 unspecified atom stereocenters. The highest BCUT2D eigenvalue weighted by molar-refractivity contribution is 5.88. The molecule has 1 aliphatic carbocycles. The first-order valence-corrected chi connectivity index (χ1v) is 22.3. The first kappa shape index (κ1) is 50.7. The second kappa shape index (κ2) is 19.8. The summed E-state index contributed by atoms with van der Waals surface area (Å²) in [7, 11) is 0. The van der Waals surface area contributed by atoms with Crippen molar-refractivity contribution in [2.24, 2.45) is 10.8 Å². The molecule has 2 heterocycles. The Kier molecular flexibility index (Phi) is 15.0. The van der Waals surface area contributed by atoms with Crippen LogP contribution in [0.4, 0.5) is 26.3 Å². The number of halogens is 6. The van der Waals surface area contributed by atoms with E-state index in [4.69, 9.17) is 10.2 Å². The van der Waals surface area contributed by atoms with Gasteiger partial charge < -0.3 is 20.8 Å². The molecule has 7 rings (SSSR count). The van der Waals surface area contributed by atoms with E-state index >= 15 is 0 Å². The van der Waals surface area contributed by atoms with E-state index in [-0.39, 0.29) is 39.8 Å². The molecule has 3 fully saturated rings. The molecule has 0 bridgehead atoms. The van der Waals surface area contributed by atoms with Crippen molar-refractivity contribution in [3.63, 3.8) is 0 Å². The van der Waals surface area contributed by atoms with E-state index < -0.39 is 53.0 Å². The van der Waals surface area contributed by atoms with E-state index in [1.54, 1.807) is 36.4 Å². The Labute approximate surface area is 386 Å². The zero-order valence-corrected chi connectivity index (χ0v) is 38.2. The number of nitrogens with zero attached hydrogens (tertiary/aromatic N) is 2. The Morgan fingerprint density at radius 2 is 0.985 bits per heavy atom. The van der Waals surface area contributed by atoms with E-state index in [1.807, 2.05) is 16.7 Å². The van der Waals surface area contributed by atoms with Gasteiger partial charge in [0.1, 0.15) is 0 Å². The van der Waals surface area contributed by atoms with Crippen LogP contribution in [0.2, 0.25) is 0 Å². The van der Waals surface area contributed by atoms with Gasteiger partial charge in [-0.2, -0.15) is 26.3 Å². The predicted molar refractivity (Wildman–Crippen MR) is 240 cm³/mol. The van der Waals surface area contributed by atoms with Gasteiger partial charge in [0.15, 0.2) is 0 Å². The van der Waals surface area contributed by atoms with E-state index in [0.29, 0.717) is 39.0 Å². The highest BCUT2D eigenvalue weighted by Crippen LogP contribution is 2.46. The van der Waals surface area contributed by atoms with Crippen LogP contribution in [-0.2, 0) is 40.6 Å². The van der Waals surface area contributed by atoms with Gasteiger partial charge in [0.25, 0.3) is 0 Å². The van der Waals surface area contributed by atoms with Gasteiger partial charge in [-0.3, -0.25) is 19.4 Å². The lowest BCUT2D eigenvalue weighted by molar-refractivity contribution is -0.138. The summed E-state index contributed by atoms with van der Waals surface area (Å²) in [6, 6.07) is 22.0. The van der Waals surface area contributed by atoms with E-state index in [9.17, 15) is 45.5 Å². The standard InChI is InChI=1S/C26H29F3N2O3.C25H29F3N2O3/c1-24(2)13-14-31(16-17-3-7-20(8-4-17)26(27,28)29)21(15-24)22(32)30-25(11-12-25)19-9-5-18(6-10-19)23(33)34;1-16(18-6-8-19(9-7-18)23(32)33)29-22(31)21-14-24(2,3)12-13-30(21)15-17-4-10-20(11-5-17)25(26,27)28/h3-10,21H,11-16H2,1-2H3,(H,30,32)(H,33,34);4-11,16,21H,12-15H2,1-3H3,(H,29,31)(H,32,33)/t;16-,21?/m.0/s1. The Morgan fingerprint density at radius 1 is 0.597 bits per heavy atom. The maximum Gasteiger partial charge on any atom is 0.416 e. The minimum absolute atomic E-state index is 0.0293. The van der Waals surface area contributed by atoms with Crippen LogP contribution in [-0.4, -0.2) is 68.9 Å². The molecule has 1 saturated carbocycles. The Hall–Kier alpha value is -5.74. The Bertz CT molecular complexity index is 2380. The number of hydrogen-bond donors (Lipinski definition) is 4. The zero-order chi connectivity index (χ0) is 49.1. The largest absolute Gasteiger partial charge is 0.478 e. The molecule has 0 radical (unpaired) electrons. The minimum Gasteiger partial charge on any atom is -0.478 e. The molecule has 2 aliphatic heterocycles. The maximum absolute atomic E-state index is 13.5. The summed E-state index contributed by atoms with van der Waals surface area (Å²) in [5.74, 6) is -2.26. The van der Waals surface area contributed by atoms with Crippen molar-refractivity contribution in [3.05, 3.63) is 142 Å². The van der Waals surface area contributed by atoms with Crippen LogP contribution in [0.1, 0.15) is 133 Å². The van der Waals surface area contributed by atoms with Crippen LogP contribution in [0.25, 0.3) is 0 Å². The summed E-state index contributed by atoms with van der Waals surface area (Å²) in [6.07, 6.45) is -4.16. The molecule has 3 atom stereocenters. The van der Waals surface area contributed by atoms with Gasteiger partial charge in [-0.05, 0) is 140 Å². The number of hydrogen-bond acceptors (Lipinski definition) is 6. The minimum atomic E-state index is -4.38. The number of likely N-dealkylation sites (tertiary alicyclic amines) is 2. The summed E-state index contributed by atoms with van der Waals surface area (Å²) in [6.45, 7) is 12.4. The van der Waals surface area contributed by atoms with Crippen molar-refractivity contribution in [2.75, 3.05) is 13.1 Å². The smallest absolute Gasteiger partial charge is 0.416 e. The van der Waals surface area contributed by atoms with Crippen LogP contribution in [0, 0.1) is 10.8 Å². The van der Waals surface area contributed by atoms with Crippen molar-refractivity contribution in [3.8, 4) is 0 Å². The molecule has 4 aromatic carbocycles. The molecule has 3 aliphatic rings. The summed E-state index contributed by atoms with van der Waals surface area (Å²) in [4.78, 5) is 53.0. The second-order valence-electron chi connectivity index (χ2n) is 19.7. The van der Waals surface area contributed by atoms with Crippen molar-refractivity contribution in [1.82, 2.24) is 20.4 Å². The molecule has 0 spiro atoms. The molecule has 2 amide bonds. The fraction of sp³-hybridized carbons (Fsp3) is 0.451. The van der Waals surface area contributed by atoms with Gasteiger partial charge in [-0.15, -0.1) is 0 Å². The van der Waals surface area contributed by atoms with Gasteiger partial charge >= 0.3 is 24.3 Å². The number of alkyl halides is 6. The van der Waals surface area contributed by atoms with E-state index in [2.05, 4.69) is 38.3 Å². The van der Waals surface area contributed by atoms with Crippen molar-refractivity contribution in [1.29, 1.82) is 0 Å². The third-order valence-electron chi connectivity index (χ3n) is 13.3. The predicted octanol–water partition coefficient (Wildman–Crippen LogP) is 10.5. The number of carboxylic acids is 2. The molecule has 4 aromatic rings. The van der Waals surface area contributed by atoms with Crippen LogP contribution >= 0.6 is 0 Å². The Balaban J connectivity index is 0.000000221. The van der Waals surface area contributed by atoms with Crippen molar-refractivity contribution in [2.45, 2.75) is 122 Å². The number of benzene rings is 4. The number of carbonyl (C=O) groups excluding carboxylic acids is 2. The Morgan fingerprint density at radius 3 is 1.36 bits per heavy atom. The molecule has 2 saturated heterocycles. The molecule has 16 heteroatoms. The van der Waals surface area contributed by atoms with Crippen LogP contribution in [0.15, 0.2) is 97.1 Å². The topological polar surface area (TPSA) is 139 Å². The highest BCUT2D eigenvalue weighted by Gasteiger charge is 2.48. The van der Waals surface area contributed by atoms with Crippen LogP contribution < -0.4 is 10.6 Å². The first-order chi connectivity index (χ1) is 31.2. The van der Waals surface area contributed by atoms with Gasteiger partial charge in [0.2, 0.25) is 11.8 Å². The average molecular weight is 937 g/mol. The van der Waals surface area contributed by atoms with Crippen molar-refractivity contribution >= 4 is 23.8 Å². The van der Waals surface area contributed by atoms with Gasteiger partial charge in [-0.25, -0.2) is 9.59 Å². The number of aromatic carboxylic acids is 2. The van der Waals surface area contributed by atoms with E-state index in [0.717, 1.165) is 72.2 Å². The van der Waals surface area contributed by atoms with Crippen molar-refractivity contribution < 1.29 is 55.7 Å². The highest BCUT2D eigenvalue weighted by atomic mass is 19.4. The van der Waals surface area contributed by atoms with Crippen LogP contribution in [0.3, 0.4) is 0 Å². The fourth-order valence-corrected chi connectivity index (χ4v) is 8.85. The van der Waals surface area contributed by atoms with Gasteiger partial charge in [0.05, 0.1) is 45.9 Å². The summed E-state index contributed by atoms with van der Waals surface area (Å²) in [5.41, 5.74) is 1.57. The summed E-state index contributed by atoms with van der Waals surface area (Å²) < 4.78 is 77.3. The molecule has 67 heavy (non-hydrogen) atoms. The molecule has 360 valence electrons. The number of carbonyl (C=O) groups is 4. The SMILES string of the molecule is CC1(C)CCN(Cc2ccc(C(F)(F)F)cc2)C(C(=O)NC2(c3ccc(C(=O)O)cc3)CC2)C1.C[C@H](NC(=O)C1CC(C)(C)CCN1Cc1ccc(C(F)(F)F)cc1)c1ccc(C(=O)O)cc1. The normalized spacial score (nSPS) is 20.6. The number of amides is 2. The quantitative estimate of drug-likeness (QED) is 0.103. The first-order valence-electron chi connectivity index (χ1n) is 22.3. The van der Waals surface area contributed by atoms with Crippen LogP contribution in [0.5, 0.6) is 0 Å². The van der Waals surface area contributed by atoms with E-state index in [1.165, 1.54) is 36.4 Å². The number of rotatable bonds is 12. The molecular formula is C51H58F6N4O6.